The topological polar surface area (TPSA) is 27.1 Å². The zero-order valence-corrected chi connectivity index (χ0v) is 9.03. The van der Waals surface area contributed by atoms with Gasteiger partial charge in [-0.05, 0) is 31.0 Å². The highest BCUT2D eigenvalue weighted by atomic mass is 16.5. The maximum atomic E-state index is 5.20. The van der Waals surface area contributed by atoms with E-state index in [1.807, 2.05) is 6.20 Å². The molecule has 0 amide bonds. The van der Waals surface area contributed by atoms with Crippen LogP contribution in [0.25, 0.3) is 10.9 Å². The van der Waals surface area contributed by atoms with Crippen molar-refractivity contribution >= 4 is 10.9 Å². The van der Waals surface area contributed by atoms with Crippen molar-refractivity contribution in [3.05, 3.63) is 29.5 Å². The van der Waals surface area contributed by atoms with Gasteiger partial charge in [0.2, 0.25) is 0 Å². The normalized spacial score (nSPS) is 16.9. The molecule has 0 N–H and O–H groups in total. The third-order valence-corrected chi connectivity index (χ3v) is 3.29. The van der Waals surface area contributed by atoms with Crippen molar-refractivity contribution in [2.45, 2.75) is 19.9 Å². The van der Waals surface area contributed by atoms with Crippen LogP contribution in [-0.2, 0) is 4.74 Å². The maximum Gasteiger partial charge on any atom is 0.0992 e. The van der Waals surface area contributed by atoms with E-state index < -0.39 is 0 Å². The van der Waals surface area contributed by atoms with Crippen molar-refractivity contribution in [3.8, 4) is 0 Å². The molecule has 3 nitrogen and oxygen atoms in total. The lowest BCUT2D eigenvalue weighted by atomic mass is 10.1. The number of hydrogen-bond acceptors (Lipinski definition) is 2. The number of rotatable bonds is 1. The number of fused-ring (bicyclic) bond motifs is 1. The number of ether oxygens (including phenoxy) is 1. The average Bonchev–Trinajstić information content (AvgIpc) is 2.54. The van der Waals surface area contributed by atoms with Gasteiger partial charge in [0.1, 0.15) is 0 Å². The summed E-state index contributed by atoms with van der Waals surface area (Å²) in [5.41, 5.74) is 3.89. The molecule has 1 fully saturated rings. The van der Waals surface area contributed by atoms with Gasteiger partial charge in [0, 0.05) is 5.39 Å². The van der Waals surface area contributed by atoms with Crippen LogP contribution in [-0.4, -0.2) is 23.0 Å². The molecular weight excluding hydrogens is 188 g/mol. The highest BCUT2D eigenvalue weighted by molar-refractivity contribution is 5.83. The van der Waals surface area contributed by atoms with Crippen LogP contribution in [0.4, 0.5) is 0 Å². The van der Waals surface area contributed by atoms with Gasteiger partial charge in [-0.15, -0.1) is 0 Å². The Morgan fingerprint density at radius 3 is 2.80 bits per heavy atom. The quantitative estimate of drug-likeness (QED) is 0.709. The van der Waals surface area contributed by atoms with Gasteiger partial charge in [-0.2, -0.15) is 5.10 Å². The molecule has 0 aliphatic carbocycles. The first kappa shape index (κ1) is 8.92. The summed E-state index contributed by atoms with van der Waals surface area (Å²) in [5, 5.41) is 5.72. The van der Waals surface area contributed by atoms with Crippen molar-refractivity contribution in [2.75, 3.05) is 13.2 Å². The van der Waals surface area contributed by atoms with Gasteiger partial charge in [0.05, 0.1) is 31.0 Å². The minimum atomic E-state index is 0.435. The molecule has 2 heterocycles. The minimum Gasteiger partial charge on any atom is -0.377 e. The van der Waals surface area contributed by atoms with Crippen molar-refractivity contribution < 1.29 is 4.74 Å². The predicted molar refractivity (Wildman–Crippen MR) is 59.1 cm³/mol. The largest absolute Gasteiger partial charge is 0.377 e. The summed E-state index contributed by atoms with van der Waals surface area (Å²) in [4.78, 5) is 0. The molecular formula is C12H14N2O. The van der Waals surface area contributed by atoms with E-state index in [2.05, 4.69) is 35.8 Å². The van der Waals surface area contributed by atoms with Crippen molar-refractivity contribution in [2.24, 2.45) is 0 Å². The van der Waals surface area contributed by atoms with Gasteiger partial charge in [-0.1, -0.05) is 6.07 Å². The number of benzene rings is 1. The van der Waals surface area contributed by atoms with E-state index in [9.17, 15) is 0 Å². The fourth-order valence-corrected chi connectivity index (χ4v) is 2.02. The summed E-state index contributed by atoms with van der Waals surface area (Å²) >= 11 is 0. The van der Waals surface area contributed by atoms with Crippen LogP contribution in [0.5, 0.6) is 0 Å². The fraction of sp³-hybridized carbons (Fsp3) is 0.417. The van der Waals surface area contributed by atoms with E-state index in [0.717, 1.165) is 13.2 Å². The van der Waals surface area contributed by atoms with Gasteiger partial charge in [-0.3, -0.25) is 4.68 Å². The predicted octanol–water partition coefficient (Wildman–Crippen LogP) is 2.22. The number of nitrogens with zero attached hydrogens (tertiary/aromatic N) is 2. The van der Waals surface area contributed by atoms with E-state index in [-0.39, 0.29) is 0 Å². The zero-order valence-electron chi connectivity index (χ0n) is 9.03. The summed E-state index contributed by atoms with van der Waals surface area (Å²) < 4.78 is 7.29. The number of aromatic nitrogens is 2. The van der Waals surface area contributed by atoms with Crippen molar-refractivity contribution in [1.29, 1.82) is 0 Å². The fourth-order valence-electron chi connectivity index (χ4n) is 2.02. The Labute approximate surface area is 88.7 Å². The average molecular weight is 202 g/mol. The molecule has 2 aromatic rings. The summed E-state index contributed by atoms with van der Waals surface area (Å²) in [6, 6.07) is 4.75. The third-order valence-electron chi connectivity index (χ3n) is 3.29. The Hall–Kier alpha value is -1.35. The van der Waals surface area contributed by atoms with Crippen LogP contribution in [0, 0.1) is 13.8 Å². The molecule has 1 aromatic carbocycles. The Kier molecular flexibility index (Phi) is 1.83. The van der Waals surface area contributed by atoms with Gasteiger partial charge in [0.25, 0.3) is 0 Å². The lowest BCUT2D eigenvalue weighted by molar-refractivity contribution is -0.0266. The maximum absolute atomic E-state index is 5.20. The zero-order chi connectivity index (χ0) is 10.4. The van der Waals surface area contributed by atoms with Crippen LogP contribution in [0.3, 0.4) is 0 Å². The molecule has 1 saturated heterocycles. The SMILES string of the molecule is Cc1ccc2c(cnn2C2COC2)c1C. The summed E-state index contributed by atoms with van der Waals surface area (Å²) in [6.45, 7) is 5.88. The van der Waals surface area contributed by atoms with Crippen LogP contribution < -0.4 is 0 Å². The molecule has 0 bridgehead atoms. The Morgan fingerprint density at radius 2 is 2.13 bits per heavy atom. The van der Waals surface area contributed by atoms with E-state index in [0.29, 0.717) is 6.04 Å². The van der Waals surface area contributed by atoms with E-state index >= 15 is 0 Å². The summed E-state index contributed by atoms with van der Waals surface area (Å²) in [6.07, 6.45) is 1.97. The molecule has 15 heavy (non-hydrogen) atoms. The number of aryl methyl sites for hydroxylation is 2. The smallest absolute Gasteiger partial charge is 0.0992 e. The molecule has 0 saturated carbocycles. The first-order valence-corrected chi connectivity index (χ1v) is 5.28. The molecule has 78 valence electrons. The Bertz CT molecular complexity index is 512. The summed E-state index contributed by atoms with van der Waals surface area (Å²) in [7, 11) is 0. The van der Waals surface area contributed by atoms with Gasteiger partial charge in [0.15, 0.2) is 0 Å². The second-order valence-corrected chi connectivity index (χ2v) is 4.22. The van der Waals surface area contributed by atoms with Crippen molar-refractivity contribution in [3.63, 3.8) is 0 Å². The lowest BCUT2D eigenvalue weighted by Gasteiger charge is -2.26. The van der Waals surface area contributed by atoms with Gasteiger partial charge >= 0.3 is 0 Å². The number of hydrogen-bond donors (Lipinski definition) is 0. The van der Waals surface area contributed by atoms with Crippen molar-refractivity contribution in [1.82, 2.24) is 9.78 Å². The Morgan fingerprint density at radius 1 is 1.33 bits per heavy atom. The lowest BCUT2D eigenvalue weighted by Crippen LogP contribution is -2.31. The van der Waals surface area contributed by atoms with Gasteiger partial charge < -0.3 is 4.74 Å². The monoisotopic (exact) mass is 202 g/mol. The minimum absolute atomic E-state index is 0.435. The van der Waals surface area contributed by atoms with Crippen LogP contribution in [0.15, 0.2) is 18.3 Å². The van der Waals surface area contributed by atoms with E-state index in [1.165, 1.54) is 22.0 Å². The molecule has 0 spiro atoms. The highest BCUT2D eigenvalue weighted by Gasteiger charge is 2.22. The molecule has 1 aliphatic heterocycles. The van der Waals surface area contributed by atoms with E-state index in [4.69, 9.17) is 4.74 Å². The second kappa shape index (κ2) is 3.07. The third kappa shape index (κ3) is 1.20. The molecule has 0 radical (unpaired) electrons. The van der Waals surface area contributed by atoms with Crippen LogP contribution >= 0.6 is 0 Å². The highest BCUT2D eigenvalue weighted by Crippen LogP contribution is 2.26. The first-order valence-electron chi connectivity index (χ1n) is 5.28. The molecule has 0 unspecified atom stereocenters. The molecule has 0 atom stereocenters. The molecule has 1 aromatic heterocycles. The van der Waals surface area contributed by atoms with E-state index in [1.54, 1.807) is 0 Å². The van der Waals surface area contributed by atoms with Crippen LogP contribution in [0.2, 0.25) is 0 Å². The molecule has 3 rings (SSSR count). The summed E-state index contributed by atoms with van der Waals surface area (Å²) in [5.74, 6) is 0. The second-order valence-electron chi connectivity index (χ2n) is 4.22. The van der Waals surface area contributed by atoms with Crippen LogP contribution in [0.1, 0.15) is 17.2 Å². The Balaban J connectivity index is 2.21. The molecule has 1 aliphatic rings. The van der Waals surface area contributed by atoms with Gasteiger partial charge in [-0.25, -0.2) is 0 Å². The molecule has 3 heteroatoms. The standard InChI is InChI=1S/C12H14N2O/c1-8-3-4-12-11(9(8)2)5-13-14(12)10-6-15-7-10/h3-5,10H,6-7H2,1-2H3. The first-order chi connectivity index (χ1) is 7.27.